The summed E-state index contributed by atoms with van der Waals surface area (Å²) in [4.78, 5) is 0. The van der Waals surface area contributed by atoms with Crippen LogP contribution in [0.25, 0.3) is 0 Å². The number of rotatable bonds is 1. The van der Waals surface area contributed by atoms with E-state index in [1.54, 1.807) is 6.07 Å². The van der Waals surface area contributed by atoms with Crippen LogP contribution < -0.4 is 5.73 Å². The minimum Gasteiger partial charge on any atom is -0.397 e. The zero-order valence-electron chi connectivity index (χ0n) is 8.45. The molecule has 0 radical (unpaired) electrons. The molecule has 0 spiro atoms. The van der Waals surface area contributed by atoms with Crippen molar-refractivity contribution in [1.82, 2.24) is 4.57 Å². The summed E-state index contributed by atoms with van der Waals surface area (Å²) in [5.74, 6) is 0. The van der Waals surface area contributed by atoms with Gasteiger partial charge in [0.25, 0.3) is 0 Å². The third-order valence-corrected chi connectivity index (χ3v) is 3.14. The molecule has 1 fully saturated rings. The van der Waals surface area contributed by atoms with E-state index >= 15 is 0 Å². The van der Waals surface area contributed by atoms with E-state index in [9.17, 15) is 0 Å². The Kier molecular flexibility index (Phi) is 2.20. The Morgan fingerprint density at radius 3 is 2.71 bits per heavy atom. The van der Waals surface area contributed by atoms with E-state index in [-0.39, 0.29) is 0 Å². The largest absolute Gasteiger partial charge is 0.397 e. The van der Waals surface area contributed by atoms with E-state index in [1.807, 2.05) is 6.92 Å². The van der Waals surface area contributed by atoms with Gasteiger partial charge in [0.2, 0.25) is 0 Å². The molecule has 0 atom stereocenters. The summed E-state index contributed by atoms with van der Waals surface area (Å²) in [7, 11) is 0. The summed E-state index contributed by atoms with van der Waals surface area (Å²) < 4.78 is 2.11. The third-order valence-electron chi connectivity index (χ3n) is 3.14. The number of nitrogens with two attached hydrogens (primary N) is 1. The normalized spacial score (nSPS) is 17.1. The van der Waals surface area contributed by atoms with Gasteiger partial charge in [-0.05, 0) is 25.8 Å². The van der Waals surface area contributed by atoms with Crippen LogP contribution in [-0.2, 0) is 0 Å². The Hall–Kier alpha value is -1.43. The number of hydrogen-bond donors (Lipinski definition) is 1. The molecule has 3 nitrogen and oxygen atoms in total. The lowest BCUT2D eigenvalue weighted by Crippen LogP contribution is -2.08. The van der Waals surface area contributed by atoms with E-state index in [0.717, 1.165) is 11.4 Å². The molecule has 1 aromatic heterocycles. The van der Waals surface area contributed by atoms with Crippen LogP contribution in [0, 0.1) is 18.3 Å². The summed E-state index contributed by atoms with van der Waals surface area (Å²) in [5.41, 5.74) is 8.32. The maximum atomic E-state index is 8.99. The van der Waals surface area contributed by atoms with Crippen LogP contribution in [0.1, 0.15) is 43.1 Å². The van der Waals surface area contributed by atoms with Gasteiger partial charge in [-0.15, -0.1) is 0 Å². The first-order valence-corrected chi connectivity index (χ1v) is 5.11. The molecule has 0 aliphatic heterocycles. The second kappa shape index (κ2) is 3.38. The first-order valence-electron chi connectivity index (χ1n) is 5.11. The van der Waals surface area contributed by atoms with Crippen LogP contribution >= 0.6 is 0 Å². The maximum Gasteiger partial charge on any atom is 0.122 e. The molecule has 1 heterocycles. The second-order valence-corrected chi connectivity index (χ2v) is 3.99. The molecule has 0 bridgehead atoms. The SMILES string of the molecule is Cc1c(N)cc(C#N)n1C1CCCC1. The van der Waals surface area contributed by atoms with Crippen molar-refractivity contribution < 1.29 is 0 Å². The van der Waals surface area contributed by atoms with E-state index < -0.39 is 0 Å². The van der Waals surface area contributed by atoms with Gasteiger partial charge in [0, 0.05) is 11.7 Å². The van der Waals surface area contributed by atoms with Crippen molar-refractivity contribution in [2.24, 2.45) is 0 Å². The quantitative estimate of drug-likeness (QED) is 0.737. The van der Waals surface area contributed by atoms with E-state index in [4.69, 9.17) is 11.0 Å². The monoisotopic (exact) mass is 189 g/mol. The number of nitriles is 1. The van der Waals surface area contributed by atoms with Crippen molar-refractivity contribution in [3.8, 4) is 6.07 Å². The fraction of sp³-hybridized carbons (Fsp3) is 0.545. The van der Waals surface area contributed by atoms with Gasteiger partial charge in [0.05, 0.1) is 5.69 Å². The summed E-state index contributed by atoms with van der Waals surface area (Å²) in [5, 5.41) is 8.99. The molecular weight excluding hydrogens is 174 g/mol. The van der Waals surface area contributed by atoms with Crippen LogP contribution in [0.2, 0.25) is 0 Å². The highest BCUT2D eigenvalue weighted by molar-refractivity contribution is 5.50. The molecule has 3 heteroatoms. The molecule has 1 saturated carbocycles. The minimum atomic E-state index is 0.502. The molecule has 1 aromatic rings. The predicted molar refractivity (Wildman–Crippen MR) is 55.8 cm³/mol. The summed E-state index contributed by atoms with van der Waals surface area (Å²) in [6.07, 6.45) is 4.91. The van der Waals surface area contributed by atoms with Crippen LogP contribution in [0.4, 0.5) is 5.69 Å². The van der Waals surface area contributed by atoms with E-state index in [2.05, 4.69) is 10.6 Å². The first-order chi connectivity index (χ1) is 6.74. The Balaban J connectivity index is 2.44. The van der Waals surface area contributed by atoms with Gasteiger partial charge in [-0.1, -0.05) is 12.8 Å². The van der Waals surface area contributed by atoms with Crippen LogP contribution in [-0.4, -0.2) is 4.57 Å². The second-order valence-electron chi connectivity index (χ2n) is 3.99. The third kappa shape index (κ3) is 1.27. The fourth-order valence-corrected chi connectivity index (χ4v) is 2.36. The number of hydrogen-bond acceptors (Lipinski definition) is 2. The molecule has 1 aliphatic rings. The molecule has 2 N–H and O–H groups in total. The smallest absolute Gasteiger partial charge is 0.122 e. The van der Waals surface area contributed by atoms with Crippen molar-refractivity contribution in [2.75, 3.05) is 5.73 Å². The first kappa shape index (κ1) is 9.14. The van der Waals surface area contributed by atoms with E-state index in [1.165, 1.54) is 25.7 Å². The molecule has 0 amide bonds. The topological polar surface area (TPSA) is 54.7 Å². The highest BCUT2D eigenvalue weighted by atomic mass is 15.0. The highest BCUT2D eigenvalue weighted by Crippen LogP contribution is 2.33. The average molecular weight is 189 g/mol. The Morgan fingerprint density at radius 2 is 2.14 bits per heavy atom. The molecular formula is C11H15N3. The standard InChI is InChI=1S/C11H15N3/c1-8-11(13)6-10(7-12)14(8)9-4-2-3-5-9/h6,9H,2-5,13H2,1H3. The van der Waals surface area contributed by atoms with Gasteiger partial charge in [-0.2, -0.15) is 5.26 Å². The van der Waals surface area contributed by atoms with Gasteiger partial charge < -0.3 is 10.3 Å². The molecule has 74 valence electrons. The molecule has 0 aromatic carbocycles. The zero-order chi connectivity index (χ0) is 10.1. The summed E-state index contributed by atoms with van der Waals surface area (Å²) >= 11 is 0. The van der Waals surface area contributed by atoms with Crippen molar-refractivity contribution >= 4 is 5.69 Å². The van der Waals surface area contributed by atoms with Gasteiger partial charge in [0.15, 0.2) is 0 Å². The molecule has 1 aliphatic carbocycles. The molecule has 0 unspecified atom stereocenters. The van der Waals surface area contributed by atoms with Crippen molar-refractivity contribution in [3.05, 3.63) is 17.5 Å². The van der Waals surface area contributed by atoms with Gasteiger partial charge in [0.1, 0.15) is 11.8 Å². The summed E-state index contributed by atoms with van der Waals surface area (Å²) in [6, 6.07) is 4.50. The van der Waals surface area contributed by atoms with Gasteiger partial charge in [-0.3, -0.25) is 0 Å². The molecule has 2 rings (SSSR count). The Morgan fingerprint density at radius 1 is 1.50 bits per heavy atom. The van der Waals surface area contributed by atoms with Crippen LogP contribution in [0.5, 0.6) is 0 Å². The lowest BCUT2D eigenvalue weighted by molar-refractivity contribution is 0.506. The maximum absolute atomic E-state index is 8.99. The molecule has 0 saturated heterocycles. The van der Waals surface area contributed by atoms with Crippen LogP contribution in [0.15, 0.2) is 6.07 Å². The van der Waals surface area contributed by atoms with Crippen molar-refractivity contribution in [3.63, 3.8) is 0 Å². The Bertz CT molecular complexity index is 378. The predicted octanol–water partition coefficient (Wildman–Crippen LogP) is 2.37. The number of nitrogens with zero attached hydrogens (tertiary/aromatic N) is 2. The van der Waals surface area contributed by atoms with Crippen molar-refractivity contribution in [2.45, 2.75) is 38.6 Å². The van der Waals surface area contributed by atoms with Crippen LogP contribution in [0.3, 0.4) is 0 Å². The van der Waals surface area contributed by atoms with Gasteiger partial charge >= 0.3 is 0 Å². The highest BCUT2D eigenvalue weighted by Gasteiger charge is 2.21. The average Bonchev–Trinajstić information content (AvgIpc) is 2.76. The lowest BCUT2D eigenvalue weighted by atomic mass is 10.2. The van der Waals surface area contributed by atoms with Gasteiger partial charge in [-0.25, -0.2) is 0 Å². The minimum absolute atomic E-state index is 0.502. The van der Waals surface area contributed by atoms with E-state index in [0.29, 0.717) is 11.7 Å². The zero-order valence-corrected chi connectivity index (χ0v) is 8.45. The lowest BCUT2D eigenvalue weighted by Gasteiger charge is -2.15. The fourth-order valence-electron chi connectivity index (χ4n) is 2.36. The molecule has 14 heavy (non-hydrogen) atoms. The summed E-state index contributed by atoms with van der Waals surface area (Å²) in [6.45, 7) is 1.99. The number of anilines is 1. The van der Waals surface area contributed by atoms with Crippen molar-refractivity contribution in [1.29, 1.82) is 5.26 Å². The number of nitrogen functional groups attached to an aromatic ring is 1. The number of aromatic nitrogens is 1. The Labute approximate surface area is 84.1 Å².